The molecule has 1 aliphatic rings. The Morgan fingerprint density at radius 1 is 1.16 bits per heavy atom. The number of fused-ring (bicyclic) bond motifs is 1. The van der Waals surface area contributed by atoms with E-state index in [1.807, 2.05) is 56.3 Å². The largest absolute Gasteiger partial charge is 0.387 e. The zero-order valence-corrected chi connectivity index (χ0v) is 14.9. The van der Waals surface area contributed by atoms with E-state index >= 15 is 0 Å². The first-order valence-electron chi connectivity index (χ1n) is 8.97. The molecule has 4 heteroatoms. The molecule has 0 fully saturated rings. The van der Waals surface area contributed by atoms with Gasteiger partial charge in [-0.3, -0.25) is 4.79 Å². The van der Waals surface area contributed by atoms with Crippen LogP contribution in [0.4, 0.5) is 5.69 Å². The molecule has 0 spiro atoms. The Morgan fingerprint density at radius 3 is 2.64 bits per heavy atom. The molecular formula is C21H26N2O2. The van der Waals surface area contributed by atoms with Gasteiger partial charge in [-0.05, 0) is 49.9 Å². The topological polar surface area (TPSA) is 52.6 Å². The van der Waals surface area contributed by atoms with Gasteiger partial charge in [-0.2, -0.15) is 0 Å². The summed E-state index contributed by atoms with van der Waals surface area (Å²) in [7, 11) is 0. The maximum absolute atomic E-state index is 12.5. The molecule has 25 heavy (non-hydrogen) atoms. The van der Waals surface area contributed by atoms with Crippen molar-refractivity contribution in [1.29, 1.82) is 0 Å². The maximum Gasteiger partial charge on any atom is 0.251 e. The number of benzene rings is 2. The van der Waals surface area contributed by atoms with Gasteiger partial charge < -0.3 is 15.3 Å². The molecule has 0 saturated carbocycles. The molecule has 0 aliphatic carbocycles. The number of aliphatic hydroxyl groups is 1. The minimum Gasteiger partial charge on any atom is -0.387 e. The van der Waals surface area contributed by atoms with Crippen LogP contribution in [-0.4, -0.2) is 30.1 Å². The van der Waals surface area contributed by atoms with Crippen molar-refractivity contribution in [3.63, 3.8) is 0 Å². The number of β-amino-alcohol motifs (C(OH)–C–C–N with tert-alkyl or cyclic N) is 1. The summed E-state index contributed by atoms with van der Waals surface area (Å²) in [5, 5.41) is 13.6. The van der Waals surface area contributed by atoms with Gasteiger partial charge in [-0.25, -0.2) is 0 Å². The Bertz CT molecular complexity index is 728. The smallest absolute Gasteiger partial charge is 0.251 e. The Balaban J connectivity index is 1.83. The summed E-state index contributed by atoms with van der Waals surface area (Å²) in [5.41, 5.74) is 3.83. The lowest BCUT2D eigenvalue weighted by Gasteiger charge is -2.34. The molecular weight excluding hydrogens is 312 g/mol. The van der Waals surface area contributed by atoms with Crippen LogP contribution in [0.2, 0.25) is 0 Å². The molecule has 0 radical (unpaired) electrons. The number of aliphatic hydroxyl groups excluding tert-OH is 1. The van der Waals surface area contributed by atoms with Gasteiger partial charge in [-0.1, -0.05) is 36.4 Å². The monoisotopic (exact) mass is 338 g/mol. The third-order valence-electron chi connectivity index (χ3n) is 4.59. The fraction of sp³-hybridized carbons (Fsp3) is 0.381. The average molecular weight is 338 g/mol. The van der Waals surface area contributed by atoms with E-state index in [0.29, 0.717) is 6.54 Å². The SMILES string of the molecule is CC(C)NC(=O)c1cccc2c1CCCN2C[C@@H](O)c1ccccc1. The Labute approximate surface area is 149 Å². The van der Waals surface area contributed by atoms with Gasteiger partial charge in [0, 0.05) is 30.4 Å². The summed E-state index contributed by atoms with van der Waals surface area (Å²) < 4.78 is 0. The van der Waals surface area contributed by atoms with E-state index in [2.05, 4.69) is 16.3 Å². The maximum atomic E-state index is 12.5. The predicted molar refractivity (Wildman–Crippen MR) is 101 cm³/mol. The predicted octanol–water partition coefficient (Wildman–Crippen LogP) is 3.31. The Hall–Kier alpha value is -2.33. The van der Waals surface area contributed by atoms with Gasteiger partial charge in [0.25, 0.3) is 5.91 Å². The lowest BCUT2D eigenvalue weighted by atomic mass is 9.95. The van der Waals surface area contributed by atoms with Crippen molar-refractivity contribution in [3.8, 4) is 0 Å². The van der Waals surface area contributed by atoms with Crippen LogP contribution in [0, 0.1) is 0 Å². The van der Waals surface area contributed by atoms with E-state index in [4.69, 9.17) is 0 Å². The first-order valence-corrected chi connectivity index (χ1v) is 8.97. The molecule has 4 nitrogen and oxygen atoms in total. The highest BCUT2D eigenvalue weighted by Gasteiger charge is 2.24. The number of amides is 1. The zero-order chi connectivity index (χ0) is 17.8. The van der Waals surface area contributed by atoms with Crippen LogP contribution in [0.15, 0.2) is 48.5 Å². The molecule has 1 heterocycles. The Morgan fingerprint density at radius 2 is 1.92 bits per heavy atom. The summed E-state index contributed by atoms with van der Waals surface area (Å²) in [6.45, 7) is 5.37. The van der Waals surface area contributed by atoms with Crippen molar-refractivity contribution in [3.05, 3.63) is 65.2 Å². The van der Waals surface area contributed by atoms with E-state index < -0.39 is 6.10 Å². The zero-order valence-electron chi connectivity index (χ0n) is 14.9. The molecule has 3 rings (SSSR count). The van der Waals surface area contributed by atoms with Crippen molar-refractivity contribution >= 4 is 11.6 Å². The first-order chi connectivity index (χ1) is 12.1. The molecule has 0 saturated heterocycles. The Kier molecular flexibility index (Phi) is 5.39. The van der Waals surface area contributed by atoms with Gasteiger partial charge in [-0.15, -0.1) is 0 Å². The van der Waals surface area contributed by atoms with Gasteiger partial charge in [0.05, 0.1) is 6.10 Å². The molecule has 132 valence electrons. The van der Waals surface area contributed by atoms with Gasteiger partial charge in [0.2, 0.25) is 0 Å². The highest BCUT2D eigenvalue weighted by atomic mass is 16.3. The van der Waals surface area contributed by atoms with Crippen LogP contribution in [0.25, 0.3) is 0 Å². The second-order valence-corrected chi connectivity index (χ2v) is 6.91. The average Bonchev–Trinajstić information content (AvgIpc) is 2.61. The number of nitrogens with zero attached hydrogens (tertiary/aromatic N) is 1. The molecule has 1 atom stereocenters. The van der Waals surface area contributed by atoms with Gasteiger partial charge in [0.15, 0.2) is 0 Å². The molecule has 2 aromatic rings. The molecule has 2 aromatic carbocycles. The van der Waals surface area contributed by atoms with E-state index in [1.54, 1.807) is 0 Å². The minimum absolute atomic E-state index is 0.0164. The van der Waals surface area contributed by atoms with Gasteiger partial charge in [0.1, 0.15) is 0 Å². The minimum atomic E-state index is -0.541. The van der Waals surface area contributed by atoms with Crippen LogP contribution in [0.5, 0.6) is 0 Å². The second-order valence-electron chi connectivity index (χ2n) is 6.91. The number of rotatable bonds is 5. The molecule has 1 amide bonds. The molecule has 0 unspecified atom stereocenters. The van der Waals surface area contributed by atoms with Crippen molar-refractivity contribution in [2.24, 2.45) is 0 Å². The highest BCUT2D eigenvalue weighted by Crippen LogP contribution is 2.31. The van der Waals surface area contributed by atoms with Crippen molar-refractivity contribution < 1.29 is 9.90 Å². The number of hydrogen-bond donors (Lipinski definition) is 2. The molecule has 1 aliphatic heterocycles. The van der Waals surface area contributed by atoms with Crippen LogP contribution in [-0.2, 0) is 6.42 Å². The van der Waals surface area contributed by atoms with Crippen LogP contribution in [0.1, 0.15) is 47.9 Å². The first kappa shape index (κ1) is 17.5. The van der Waals surface area contributed by atoms with Crippen molar-refractivity contribution in [2.45, 2.75) is 38.8 Å². The second kappa shape index (κ2) is 7.70. The normalized spacial score (nSPS) is 15.0. The van der Waals surface area contributed by atoms with Crippen LogP contribution >= 0.6 is 0 Å². The van der Waals surface area contributed by atoms with Crippen LogP contribution in [0.3, 0.4) is 0 Å². The summed E-state index contributed by atoms with van der Waals surface area (Å²) >= 11 is 0. The molecule has 0 aromatic heterocycles. The third kappa shape index (κ3) is 4.02. The van der Waals surface area contributed by atoms with Gasteiger partial charge >= 0.3 is 0 Å². The quantitative estimate of drug-likeness (QED) is 0.879. The molecule has 2 N–H and O–H groups in total. The van der Waals surface area contributed by atoms with E-state index in [9.17, 15) is 9.90 Å². The summed E-state index contributed by atoms with van der Waals surface area (Å²) in [5.74, 6) is -0.0164. The molecule has 0 bridgehead atoms. The number of carbonyl (C=O) groups excluding carboxylic acids is 1. The summed E-state index contributed by atoms with van der Waals surface area (Å²) in [4.78, 5) is 14.7. The fourth-order valence-electron chi connectivity index (χ4n) is 3.43. The summed E-state index contributed by atoms with van der Waals surface area (Å²) in [6, 6.07) is 15.7. The van der Waals surface area contributed by atoms with E-state index in [0.717, 1.165) is 41.8 Å². The third-order valence-corrected chi connectivity index (χ3v) is 4.59. The van der Waals surface area contributed by atoms with E-state index in [-0.39, 0.29) is 11.9 Å². The van der Waals surface area contributed by atoms with E-state index in [1.165, 1.54) is 0 Å². The number of carbonyl (C=O) groups is 1. The van der Waals surface area contributed by atoms with Crippen molar-refractivity contribution in [1.82, 2.24) is 5.32 Å². The number of anilines is 1. The van der Waals surface area contributed by atoms with Crippen LogP contribution < -0.4 is 10.2 Å². The number of hydrogen-bond acceptors (Lipinski definition) is 3. The van der Waals surface area contributed by atoms with Crippen molar-refractivity contribution in [2.75, 3.05) is 18.0 Å². The lowest BCUT2D eigenvalue weighted by Crippen LogP contribution is -2.36. The fourth-order valence-corrected chi connectivity index (χ4v) is 3.43. The lowest BCUT2D eigenvalue weighted by molar-refractivity contribution is 0.0942. The highest BCUT2D eigenvalue weighted by molar-refractivity contribution is 5.97. The summed E-state index contributed by atoms with van der Waals surface area (Å²) in [6.07, 6.45) is 1.34. The number of nitrogens with one attached hydrogen (secondary N) is 1. The standard InChI is InChI=1S/C21H26N2O2/c1-15(2)22-21(25)18-10-6-12-19-17(18)11-7-13-23(19)14-20(24)16-8-4-3-5-9-16/h3-6,8-10,12,15,20,24H,7,11,13-14H2,1-2H3,(H,22,25)/t20-/m1/s1.